The Balaban J connectivity index is 2.04. The van der Waals surface area contributed by atoms with Crippen LogP contribution in [0.25, 0.3) is 0 Å². The number of hydrogen-bond acceptors (Lipinski definition) is 3. The molecule has 1 N–H and O–H groups in total. The number of nitrogens with one attached hydrogen (secondary N) is 1. The Morgan fingerprint density at radius 3 is 2.67 bits per heavy atom. The molecule has 1 aromatic carbocycles. The van der Waals surface area contributed by atoms with Crippen LogP contribution in [0.3, 0.4) is 0 Å². The number of aromatic nitrogens is 1. The van der Waals surface area contributed by atoms with Gasteiger partial charge >= 0.3 is 0 Å². The van der Waals surface area contributed by atoms with Crippen molar-refractivity contribution in [2.75, 3.05) is 13.2 Å². The van der Waals surface area contributed by atoms with Gasteiger partial charge in [0.2, 0.25) is 0 Å². The SMILES string of the molecule is CCCNC(COc1ccc(Cl)cc1)c1cncc(C)c1. The molecule has 0 spiro atoms. The van der Waals surface area contributed by atoms with Gasteiger partial charge < -0.3 is 10.1 Å². The minimum Gasteiger partial charge on any atom is -0.492 e. The predicted octanol–water partition coefficient (Wildman–Crippen LogP) is 4.16. The molecule has 0 bridgehead atoms. The first-order valence-electron chi connectivity index (χ1n) is 7.22. The molecule has 1 heterocycles. The van der Waals surface area contributed by atoms with Crippen molar-refractivity contribution in [3.8, 4) is 5.75 Å². The summed E-state index contributed by atoms with van der Waals surface area (Å²) >= 11 is 5.88. The lowest BCUT2D eigenvalue weighted by Crippen LogP contribution is -2.27. The van der Waals surface area contributed by atoms with Crippen LogP contribution < -0.4 is 10.1 Å². The van der Waals surface area contributed by atoms with Crippen LogP contribution in [-0.4, -0.2) is 18.1 Å². The average molecular weight is 305 g/mol. The molecule has 2 rings (SSSR count). The number of rotatable bonds is 7. The van der Waals surface area contributed by atoms with E-state index in [-0.39, 0.29) is 6.04 Å². The van der Waals surface area contributed by atoms with Crippen molar-refractivity contribution in [3.63, 3.8) is 0 Å². The fraction of sp³-hybridized carbons (Fsp3) is 0.353. The Bertz CT molecular complexity index is 557. The van der Waals surface area contributed by atoms with Crippen molar-refractivity contribution in [1.82, 2.24) is 10.3 Å². The smallest absolute Gasteiger partial charge is 0.119 e. The van der Waals surface area contributed by atoms with Gasteiger partial charge in [-0.15, -0.1) is 0 Å². The van der Waals surface area contributed by atoms with Crippen LogP contribution in [0.4, 0.5) is 0 Å². The monoisotopic (exact) mass is 304 g/mol. The van der Waals surface area contributed by atoms with Gasteiger partial charge in [-0.3, -0.25) is 4.98 Å². The first-order valence-corrected chi connectivity index (χ1v) is 7.60. The van der Waals surface area contributed by atoms with Crippen molar-refractivity contribution in [2.45, 2.75) is 26.3 Å². The zero-order valence-electron chi connectivity index (χ0n) is 12.5. The summed E-state index contributed by atoms with van der Waals surface area (Å²) in [5.74, 6) is 0.823. The minimum atomic E-state index is 0.132. The van der Waals surface area contributed by atoms with Crippen LogP contribution in [-0.2, 0) is 0 Å². The summed E-state index contributed by atoms with van der Waals surface area (Å²) < 4.78 is 5.87. The number of halogens is 1. The quantitative estimate of drug-likeness (QED) is 0.834. The van der Waals surface area contributed by atoms with E-state index in [1.54, 1.807) is 0 Å². The number of aryl methyl sites for hydroxylation is 1. The maximum Gasteiger partial charge on any atom is 0.119 e. The summed E-state index contributed by atoms with van der Waals surface area (Å²) in [6.45, 7) is 5.71. The maximum atomic E-state index is 5.88. The van der Waals surface area contributed by atoms with Gasteiger partial charge in [-0.1, -0.05) is 24.6 Å². The summed E-state index contributed by atoms with van der Waals surface area (Å²) in [5, 5.41) is 4.22. The fourth-order valence-electron chi connectivity index (χ4n) is 2.07. The van der Waals surface area contributed by atoms with Gasteiger partial charge in [0.25, 0.3) is 0 Å². The Labute approximate surface area is 131 Å². The second kappa shape index (κ2) is 8.01. The predicted molar refractivity (Wildman–Crippen MR) is 87.0 cm³/mol. The van der Waals surface area contributed by atoms with Crippen LogP contribution in [0.15, 0.2) is 42.7 Å². The van der Waals surface area contributed by atoms with E-state index in [0.717, 1.165) is 29.8 Å². The molecule has 1 unspecified atom stereocenters. The molecule has 3 nitrogen and oxygen atoms in total. The summed E-state index contributed by atoms with van der Waals surface area (Å²) in [7, 11) is 0. The summed E-state index contributed by atoms with van der Waals surface area (Å²) in [5.41, 5.74) is 2.31. The molecule has 0 amide bonds. The van der Waals surface area contributed by atoms with E-state index in [1.807, 2.05) is 43.6 Å². The zero-order chi connectivity index (χ0) is 15.1. The molecular formula is C17H21ClN2O. The molecule has 0 aliphatic rings. The van der Waals surface area contributed by atoms with Crippen molar-refractivity contribution in [2.24, 2.45) is 0 Å². The molecule has 112 valence electrons. The molecule has 1 aromatic heterocycles. The molecule has 0 aliphatic carbocycles. The third-order valence-electron chi connectivity index (χ3n) is 3.17. The Kier molecular flexibility index (Phi) is 6.03. The van der Waals surface area contributed by atoms with Gasteiger partial charge in [-0.05, 0) is 55.3 Å². The molecule has 21 heavy (non-hydrogen) atoms. The van der Waals surface area contributed by atoms with Crippen molar-refractivity contribution >= 4 is 11.6 Å². The molecule has 0 saturated heterocycles. The summed E-state index contributed by atoms with van der Waals surface area (Å²) in [4.78, 5) is 4.27. The molecule has 0 aliphatic heterocycles. The summed E-state index contributed by atoms with van der Waals surface area (Å²) in [6, 6.07) is 9.71. The normalized spacial score (nSPS) is 12.1. The van der Waals surface area contributed by atoms with Gasteiger partial charge in [0.1, 0.15) is 12.4 Å². The second-order valence-electron chi connectivity index (χ2n) is 5.07. The zero-order valence-corrected chi connectivity index (χ0v) is 13.2. The first-order chi connectivity index (χ1) is 10.2. The lowest BCUT2D eigenvalue weighted by Gasteiger charge is -2.19. The van der Waals surface area contributed by atoms with E-state index in [9.17, 15) is 0 Å². The number of ether oxygens (including phenoxy) is 1. The van der Waals surface area contributed by atoms with E-state index in [0.29, 0.717) is 11.6 Å². The Hall–Kier alpha value is -1.58. The third kappa shape index (κ3) is 5.03. The van der Waals surface area contributed by atoms with Crippen molar-refractivity contribution in [1.29, 1.82) is 0 Å². The highest BCUT2D eigenvalue weighted by molar-refractivity contribution is 6.30. The fourth-order valence-corrected chi connectivity index (χ4v) is 2.20. The second-order valence-corrected chi connectivity index (χ2v) is 5.50. The molecule has 0 saturated carbocycles. The molecule has 0 fully saturated rings. The van der Waals surface area contributed by atoms with Gasteiger partial charge in [0.05, 0.1) is 6.04 Å². The van der Waals surface area contributed by atoms with Gasteiger partial charge in [-0.2, -0.15) is 0 Å². The number of hydrogen-bond donors (Lipinski definition) is 1. The average Bonchev–Trinajstić information content (AvgIpc) is 2.49. The highest BCUT2D eigenvalue weighted by atomic mass is 35.5. The third-order valence-corrected chi connectivity index (χ3v) is 3.42. The molecule has 4 heteroatoms. The van der Waals surface area contributed by atoms with Crippen LogP contribution in [0, 0.1) is 6.92 Å². The first kappa shape index (κ1) is 15.8. The van der Waals surface area contributed by atoms with Crippen LogP contribution in [0.1, 0.15) is 30.5 Å². The van der Waals surface area contributed by atoms with E-state index >= 15 is 0 Å². The van der Waals surface area contributed by atoms with E-state index in [1.165, 1.54) is 0 Å². The Morgan fingerprint density at radius 2 is 2.00 bits per heavy atom. The lowest BCUT2D eigenvalue weighted by molar-refractivity contribution is 0.266. The van der Waals surface area contributed by atoms with Crippen molar-refractivity contribution < 1.29 is 4.74 Å². The van der Waals surface area contributed by atoms with E-state index < -0.39 is 0 Å². The van der Waals surface area contributed by atoms with Gasteiger partial charge in [0.15, 0.2) is 0 Å². The summed E-state index contributed by atoms with van der Waals surface area (Å²) in [6.07, 6.45) is 4.84. The molecular weight excluding hydrogens is 284 g/mol. The van der Waals surface area contributed by atoms with Crippen LogP contribution >= 0.6 is 11.6 Å². The maximum absolute atomic E-state index is 5.88. The number of benzene rings is 1. The van der Waals surface area contributed by atoms with E-state index in [4.69, 9.17) is 16.3 Å². The highest BCUT2D eigenvalue weighted by Crippen LogP contribution is 2.19. The standard InChI is InChI=1S/C17H21ClN2O/c1-3-8-20-17(14-9-13(2)10-19-11-14)12-21-16-6-4-15(18)5-7-16/h4-7,9-11,17,20H,3,8,12H2,1-2H3. The van der Waals surface area contributed by atoms with Crippen LogP contribution in [0.5, 0.6) is 5.75 Å². The Morgan fingerprint density at radius 1 is 1.24 bits per heavy atom. The van der Waals surface area contributed by atoms with Crippen LogP contribution in [0.2, 0.25) is 5.02 Å². The van der Waals surface area contributed by atoms with Gasteiger partial charge in [-0.25, -0.2) is 0 Å². The van der Waals surface area contributed by atoms with Gasteiger partial charge in [0, 0.05) is 17.4 Å². The van der Waals surface area contributed by atoms with E-state index in [2.05, 4.69) is 23.3 Å². The molecule has 2 aromatic rings. The molecule has 1 atom stereocenters. The highest BCUT2D eigenvalue weighted by Gasteiger charge is 2.12. The van der Waals surface area contributed by atoms with Crippen molar-refractivity contribution in [3.05, 3.63) is 58.9 Å². The number of pyridine rings is 1. The molecule has 0 radical (unpaired) electrons. The topological polar surface area (TPSA) is 34.1 Å². The largest absolute Gasteiger partial charge is 0.492 e. The lowest BCUT2D eigenvalue weighted by atomic mass is 10.1. The minimum absolute atomic E-state index is 0.132. The number of nitrogens with zero attached hydrogens (tertiary/aromatic N) is 1.